The molecule has 312 valence electrons. The van der Waals surface area contributed by atoms with E-state index < -0.39 is 74.5 Å². The highest BCUT2D eigenvalue weighted by Crippen LogP contribution is 2.46. The summed E-state index contributed by atoms with van der Waals surface area (Å²) in [7, 11) is -3.94. The summed E-state index contributed by atoms with van der Waals surface area (Å²) >= 11 is 6.34. The van der Waals surface area contributed by atoms with Gasteiger partial charge in [0, 0.05) is 28.1 Å². The van der Waals surface area contributed by atoms with Gasteiger partial charge >= 0.3 is 6.09 Å². The Morgan fingerprint density at radius 1 is 0.983 bits per heavy atom. The number of pyridine rings is 1. The van der Waals surface area contributed by atoms with Crippen LogP contribution >= 0.6 is 11.6 Å². The number of hydrogen-bond acceptors (Lipinski definition) is 10. The number of alkyl carbamates (subject to hydrolysis) is 1. The van der Waals surface area contributed by atoms with Gasteiger partial charge < -0.3 is 29.4 Å². The van der Waals surface area contributed by atoms with Crippen LogP contribution in [0.3, 0.4) is 0 Å². The van der Waals surface area contributed by atoms with Crippen LogP contribution < -0.4 is 20.1 Å². The van der Waals surface area contributed by atoms with E-state index in [9.17, 15) is 32.0 Å². The Hall–Kier alpha value is -4.96. The van der Waals surface area contributed by atoms with Crippen LogP contribution in [0, 0.1) is 11.7 Å². The predicted octanol–water partition coefficient (Wildman–Crippen LogP) is 6.32. The maximum absolute atomic E-state index is 14.9. The molecule has 3 saturated carbocycles. The highest BCUT2D eigenvalue weighted by atomic mass is 35.5. The van der Waals surface area contributed by atoms with Gasteiger partial charge in [0.05, 0.1) is 17.3 Å². The Morgan fingerprint density at radius 3 is 2.58 bits per heavy atom. The van der Waals surface area contributed by atoms with Crippen LogP contribution in [0.4, 0.5) is 9.18 Å². The second-order valence-electron chi connectivity index (χ2n) is 16.5. The first-order valence-electron chi connectivity index (χ1n) is 20.5. The fraction of sp³-hybridized carbons (Fsp3) is 0.500. The number of fused-ring (bicyclic) bond motifs is 6. The lowest BCUT2D eigenvalue weighted by Gasteiger charge is -2.30. The number of carbonyl (C=O) groups excluding carboxylic acids is 4. The number of allylic oxidation sites excluding steroid dienone is 1. The van der Waals surface area contributed by atoms with E-state index in [0.29, 0.717) is 58.1 Å². The minimum Gasteiger partial charge on any atom is -0.484 e. The van der Waals surface area contributed by atoms with Crippen molar-refractivity contribution >= 4 is 78.4 Å². The molecule has 4 heterocycles. The lowest BCUT2D eigenvalue weighted by atomic mass is 10.0. The van der Waals surface area contributed by atoms with Gasteiger partial charge in [-0.3, -0.25) is 19.1 Å². The zero-order valence-electron chi connectivity index (χ0n) is 32.2. The molecule has 5 atom stereocenters. The summed E-state index contributed by atoms with van der Waals surface area (Å²) in [5, 5.41) is 6.37. The fourth-order valence-corrected chi connectivity index (χ4v) is 10.4. The molecule has 0 radical (unpaired) electrons. The van der Waals surface area contributed by atoms with E-state index in [0.717, 1.165) is 38.5 Å². The molecule has 9 rings (SSSR count). The van der Waals surface area contributed by atoms with E-state index in [1.165, 1.54) is 23.1 Å². The monoisotopic (exact) mass is 849 g/mol. The maximum Gasteiger partial charge on any atom is 0.408 e. The molecule has 3 N–H and O–H groups in total. The molecular weight excluding hydrogens is 805 g/mol. The van der Waals surface area contributed by atoms with Crippen molar-refractivity contribution in [3.63, 3.8) is 0 Å². The molecule has 59 heavy (non-hydrogen) atoms. The smallest absolute Gasteiger partial charge is 0.408 e. The molecule has 2 aromatic heterocycles. The SMILES string of the molecule is O=C(N[C@H]1CCCCC/C=C\[C@@H]2C[C@@]2(C(=O)NS(=O)(=O)C2CC2)NC(=O)[C@@H]2C[C@@H](Oc3c4cc(F)ccc4nc4c3oc3ccc(Cl)cc34)CN2C1=O)OC1CCCC1. The van der Waals surface area contributed by atoms with Crippen LogP contribution in [0.2, 0.25) is 5.02 Å². The molecule has 17 heteroatoms. The molecule has 0 spiro atoms. The van der Waals surface area contributed by atoms with Crippen LogP contribution in [0.5, 0.6) is 5.75 Å². The first kappa shape index (κ1) is 39.5. The maximum atomic E-state index is 14.9. The van der Waals surface area contributed by atoms with Crippen molar-refractivity contribution in [3.8, 4) is 5.75 Å². The summed E-state index contributed by atoms with van der Waals surface area (Å²) < 4.78 is 61.5. The molecule has 2 aromatic carbocycles. The summed E-state index contributed by atoms with van der Waals surface area (Å²) in [5.41, 5.74) is -0.0533. The molecule has 2 aliphatic heterocycles. The van der Waals surface area contributed by atoms with E-state index >= 15 is 0 Å². The van der Waals surface area contributed by atoms with E-state index in [2.05, 4.69) is 15.4 Å². The van der Waals surface area contributed by atoms with Gasteiger partial charge in [0.15, 0.2) is 11.3 Å². The van der Waals surface area contributed by atoms with Crippen molar-refractivity contribution in [1.29, 1.82) is 0 Å². The van der Waals surface area contributed by atoms with Gasteiger partial charge in [0.1, 0.15) is 46.7 Å². The average molecular weight is 850 g/mol. The molecule has 0 unspecified atom stereocenters. The van der Waals surface area contributed by atoms with Crippen LogP contribution in [-0.2, 0) is 29.1 Å². The number of hydrogen-bond donors (Lipinski definition) is 3. The highest BCUT2D eigenvalue weighted by Gasteiger charge is 2.62. The number of rotatable bonds is 7. The molecule has 4 amide bonds. The third-order valence-corrected chi connectivity index (χ3v) is 14.3. The van der Waals surface area contributed by atoms with E-state index in [4.69, 9.17) is 30.5 Å². The Balaban J connectivity index is 1.07. The largest absolute Gasteiger partial charge is 0.484 e. The van der Waals surface area contributed by atoms with Crippen molar-refractivity contribution in [2.45, 2.75) is 119 Å². The van der Waals surface area contributed by atoms with Crippen LogP contribution in [-0.4, -0.2) is 83.7 Å². The first-order chi connectivity index (χ1) is 28.4. The van der Waals surface area contributed by atoms with E-state index in [1.807, 2.05) is 12.2 Å². The van der Waals surface area contributed by atoms with Crippen molar-refractivity contribution in [2.24, 2.45) is 5.92 Å². The second-order valence-corrected chi connectivity index (χ2v) is 18.9. The van der Waals surface area contributed by atoms with Crippen molar-refractivity contribution < 1.29 is 45.9 Å². The van der Waals surface area contributed by atoms with Crippen molar-refractivity contribution in [1.82, 2.24) is 25.2 Å². The molecular formula is C42H45ClFN5O9S. The molecule has 5 aliphatic rings. The number of furan rings is 1. The van der Waals surface area contributed by atoms with Gasteiger partial charge in [-0.05, 0) is 101 Å². The summed E-state index contributed by atoms with van der Waals surface area (Å²) in [5.74, 6) is -2.92. The Labute approximate surface area is 344 Å². The van der Waals surface area contributed by atoms with Gasteiger partial charge in [-0.2, -0.15) is 0 Å². The minimum absolute atomic E-state index is 0.0674. The van der Waals surface area contributed by atoms with Crippen LogP contribution in [0.1, 0.15) is 83.5 Å². The number of aromatic nitrogens is 1. The predicted molar refractivity (Wildman–Crippen MR) is 215 cm³/mol. The number of nitrogens with one attached hydrogen (secondary N) is 3. The normalized spacial score (nSPS) is 27.4. The Morgan fingerprint density at radius 2 is 1.78 bits per heavy atom. The Kier molecular flexibility index (Phi) is 10.4. The summed E-state index contributed by atoms with van der Waals surface area (Å²) in [6.45, 7) is -0.127. The van der Waals surface area contributed by atoms with Crippen LogP contribution in [0.15, 0.2) is 53.0 Å². The highest BCUT2D eigenvalue weighted by molar-refractivity contribution is 7.91. The molecule has 3 aliphatic carbocycles. The first-order valence-corrected chi connectivity index (χ1v) is 22.4. The molecule has 4 aromatic rings. The third kappa shape index (κ3) is 7.93. The lowest BCUT2D eigenvalue weighted by molar-refractivity contribution is -0.141. The van der Waals surface area contributed by atoms with Gasteiger partial charge in [-0.1, -0.05) is 36.6 Å². The van der Waals surface area contributed by atoms with Gasteiger partial charge in [-0.25, -0.2) is 22.6 Å². The Bertz CT molecular complexity index is 2500. The summed E-state index contributed by atoms with van der Waals surface area (Å²) in [6, 6.07) is 6.88. The standard InChI is InChI=1S/C42H45ClFN5O9S/c43-24-12-17-34-30(18-24)35-37(58-34)36(29-19-25(44)13-16-31(29)45-35)56-27-20-33-38(50)47-42(40(52)48-59(54,55)28-14-15-28)21-23(42)8-4-2-1-3-5-11-32(39(51)49(33)22-27)46-41(53)57-26-9-6-7-10-26/h4,8,12-13,16-19,23,26-28,32-33H,1-3,5-7,9-11,14-15,20-22H2,(H,46,53)(H,47,50)(H,48,52)/b8-4-/t23-,27-,32+,33+,42-/m1/s1. The van der Waals surface area contributed by atoms with Crippen molar-refractivity contribution in [2.75, 3.05) is 6.54 Å². The van der Waals surface area contributed by atoms with E-state index in [-0.39, 0.29) is 43.2 Å². The van der Waals surface area contributed by atoms with Crippen molar-refractivity contribution in [3.05, 3.63) is 59.4 Å². The van der Waals surface area contributed by atoms with Gasteiger partial charge in [0.25, 0.3) is 5.91 Å². The average Bonchev–Trinajstić information content (AvgIpc) is 4.02. The quantitative estimate of drug-likeness (QED) is 0.178. The number of ether oxygens (including phenoxy) is 2. The molecule has 4 fully saturated rings. The summed E-state index contributed by atoms with van der Waals surface area (Å²) in [4.78, 5) is 62.5. The fourth-order valence-electron chi connectivity index (χ4n) is 8.82. The molecule has 1 saturated heterocycles. The number of nitrogens with zero attached hydrogens (tertiary/aromatic N) is 2. The van der Waals surface area contributed by atoms with E-state index in [1.54, 1.807) is 18.2 Å². The molecule has 0 bridgehead atoms. The van der Waals surface area contributed by atoms with Gasteiger partial charge in [-0.15, -0.1) is 0 Å². The topological polar surface area (TPSA) is 186 Å². The number of benzene rings is 2. The number of carbonyl (C=O) groups is 4. The second kappa shape index (κ2) is 15.6. The third-order valence-electron chi connectivity index (χ3n) is 12.3. The lowest BCUT2D eigenvalue weighted by Crippen LogP contribution is -2.58. The number of amides is 4. The minimum atomic E-state index is -3.94. The zero-order valence-corrected chi connectivity index (χ0v) is 33.8. The van der Waals surface area contributed by atoms with Crippen LogP contribution in [0.25, 0.3) is 33.0 Å². The van der Waals surface area contributed by atoms with Gasteiger partial charge in [0.2, 0.25) is 21.8 Å². The summed E-state index contributed by atoms with van der Waals surface area (Å²) in [6.07, 6.45) is 9.36. The molecule has 14 nitrogen and oxygen atoms in total. The zero-order chi connectivity index (χ0) is 41.1. The number of halogens is 2. The number of sulfonamides is 1.